The minimum atomic E-state index is -0.511. The van der Waals surface area contributed by atoms with Gasteiger partial charge < -0.3 is 9.47 Å². The van der Waals surface area contributed by atoms with Crippen molar-refractivity contribution in [2.45, 2.75) is 13.5 Å². The molecule has 1 amide bonds. The Hall–Kier alpha value is -3.40. The highest BCUT2D eigenvalue weighted by Crippen LogP contribution is 2.38. The van der Waals surface area contributed by atoms with Crippen molar-refractivity contribution in [3.63, 3.8) is 0 Å². The van der Waals surface area contributed by atoms with E-state index in [9.17, 15) is 14.9 Å². The summed E-state index contributed by atoms with van der Waals surface area (Å²) in [6.45, 7) is 2.66. The van der Waals surface area contributed by atoms with Crippen molar-refractivity contribution in [2.75, 3.05) is 11.5 Å². The first-order valence-electron chi connectivity index (χ1n) is 10.5. The predicted octanol–water partition coefficient (Wildman–Crippen LogP) is 6.63. The van der Waals surface area contributed by atoms with Gasteiger partial charge in [-0.2, -0.15) is 0 Å². The highest BCUT2D eigenvalue weighted by molar-refractivity contribution is 8.27. The summed E-state index contributed by atoms with van der Waals surface area (Å²) >= 11 is 12.5. The van der Waals surface area contributed by atoms with Crippen molar-refractivity contribution >= 4 is 63.3 Å². The average molecular weight is 527 g/mol. The predicted molar refractivity (Wildman–Crippen MR) is 142 cm³/mol. The van der Waals surface area contributed by atoms with Crippen LogP contribution in [0, 0.1) is 10.1 Å². The third-order valence-electron chi connectivity index (χ3n) is 4.97. The third kappa shape index (κ3) is 5.82. The van der Waals surface area contributed by atoms with Gasteiger partial charge in [0.2, 0.25) is 0 Å². The fourth-order valence-corrected chi connectivity index (χ4v) is 4.76. The molecule has 1 aliphatic heterocycles. The quantitative estimate of drug-likeness (QED) is 0.141. The number of nitro groups is 1. The Bertz CT molecular complexity index is 1330. The number of nitro benzene ring substituents is 1. The number of rotatable bonds is 8. The molecule has 0 N–H and O–H groups in total. The molecule has 0 aromatic heterocycles. The Kier molecular flexibility index (Phi) is 7.70. The van der Waals surface area contributed by atoms with Gasteiger partial charge >= 0.3 is 0 Å². The number of benzene rings is 3. The molecule has 1 saturated heterocycles. The molecule has 3 aromatic rings. The molecule has 178 valence electrons. The zero-order valence-electron chi connectivity index (χ0n) is 18.5. The summed E-state index contributed by atoms with van der Waals surface area (Å²) < 4.78 is 12.0. The number of carbonyl (C=O) groups excluding carboxylic acids is 1. The Labute approximate surface area is 216 Å². The molecule has 35 heavy (non-hydrogen) atoms. The topological polar surface area (TPSA) is 81.9 Å². The van der Waals surface area contributed by atoms with Crippen LogP contribution >= 0.6 is 35.6 Å². The zero-order valence-corrected chi connectivity index (χ0v) is 20.9. The van der Waals surface area contributed by atoms with Crippen LogP contribution in [0.4, 0.5) is 11.4 Å². The van der Waals surface area contributed by atoms with E-state index < -0.39 is 4.92 Å². The van der Waals surface area contributed by atoms with Crippen molar-refractivity contribution < 1.29 is 19.2 Å². The molecule has 1 fully saturated rings. The van der Waals surface area contributed by atoms with Crippen molar-refractivity contribution in [3.8, 4) is 11.5 Å². The van der Waals surface area contributed by atoms with E-state index in [1.54, 1.807) is 36.4 Å². The largest absolute Gasteiger partial charge is 0.490 e. The van der Waals surface area contributed by atoms with Crippen LogP contribution in [0.5, 0.6) is 11.5 Å². The van der Waals surface area contributed by atoms with E-state index in [1.165, 1.54) is 23.1 Å². The summed E-state index contributed by atoms with van der Waals surface area (Å²) in [5.74, 6) is 0.772. The van der Waals surface area contributed by atoms with E-state index in [2.05, 4.69) is 0 Å². The lowest BCUT2D eigenvalue weighted by Gasteiger charge is -2.14. The van der Waals surface area contributed by atoms with Crippen LogP contribution in [0.2, 0.25) is 5.02 Å². The maximum absolute atomic E-state index is 13.1. The van der Waals surface area contributed by atoms with Crippen molar-refractivity contribution in [1.82, 2.24) is 0 Å². The van der Waals surface area contributed by atoms with Crippen LogP contribution in [0.3, 0.4) is 0 Å². The Morgan fingerprint density at radius 3 is 2.57 bits per heavy atom. The van der Waals surface area contributed by atoms with Crippen LogP contribution < -0.4 is 14.4 Å². The Morgan fingerprint density at radius 2 is 1.86 bits per heavy atom. The van der Waals surface area contributed by atoms with Gasteiger partial charge in [0.1, 0.15) is 6.61 Å². The zero-order chi connectivity index (χ0) is 24.9. The van der Waals surface area contributed by atoms with Gasteiger partial charge in [0.25, 0.3) is 11.6 Å². The Balaban J connectivity index is 1.55. The van der Waals surface area contributed by atoms with Crippen molar-refractivity contribution in [2.24, 2.45) is 0 Å². The first-order chi connectivity index (χ1) is 16.9. The lowest BCUT2D eigenvalue weighted by molar-refractivity contribution is -0.384. The van der Waals surface area contributed by atoms with E-state index in [4.69, 9.17) is 33.3 Å². The molecular formula is C25H19ClN2O5S2. The second-order valence-electron chi connectivity index (χ2n) is 7.35. The van der Waals surface area contributed by atoms with Gasteiger partial charge in [-0.05, 0) is 54.5 Å². The molecule has 0 spiro atoms. The number of non-ortho nitro benzene ring substituents is 1. The first-order valence-corrected chi connectivity index (χ1v) is 12.1. The molecule has 0 aliphatic carbocycles. The van der Waals surface area contributed by atoms with E-state index in [0.717, 1.165) is 22.9 Å². The highest BCUT2D eigenvalue weighted by atomic mass is 35.5. The van der Waals surface area contributed by atoms with E-state index >= 15 is 0 Å². The summed E-state index contributed by atoms with van der Waals surface area (Å²) in [7, 11) is 0. The molecule has 1 heterocycles. The molecule has 4 rings (SSSR count). The molecule has 3 aromatic carbocycles. The number of thioether (sulfide) groups is 1. The number of hydrogen-bond donors (Lipinski definition) is 0. The number of amides is 1. The lowest BCUT2D eigenvalue weighted by atomic mass is 10.1. The summed E-state index contributed by atoms with van der Waals surface area (Å²) in [6, 6.07) is 18.6. The number of nitrogens with zero attached hydrogens (tertiary/aromatic N) is 2. The van der Waals surface area contributed by atoms with Crippen LogP contribution in [-0.2, 0) is 11.4 Å². The SMILES string of the molecule is CCOc1cc(/C=C2\SC(=S)N(c3cccc([N+](=O)[O-])c3)C2=O)ccc1OCc1ccc(Cl)cc1. The molecule has 1 aliphatic rings. The van der Waals surface area contributed by atoms with Crippen molar-refractivity contribution in [3.05, 3.63) is 97.9 Å². The second-order valence-corrected chi connectivity index (χ2v) is 9.46. The number of ether oxygens (including phenoxy) is 2. The van der Waals surface area contributed by atoms with Gasteiger partial charge in [-0.25, -0.2) is 0 Å². The number of anilines is 1. The minimum Gasteiger partial charge on any atom is -0.490 e. The fraction of sp³-hybridized carbons (Fsp3) is 0.120. The summed E-state index contributed by atoms with van der Waals surface area (Å²) in [5, 5.41) is 11.8. The summed E-state index contributed by atoms with van der Waals surface area (Å²) in [6.07, 6.45) is 1.71. The average Bonchev–Trinajstić information content (AvgIpc) is 3.12. The van der Waals surface area contributed by atoms with Crippen LogP contribution in [-0.4, -0.2) is 21.8 Å². The minimum absolute atomic E-state index is 0.115. The molecule has 0 bridgehead atoms. The first kappa shape index (κ1) is 24.7. The normalized spacial score (nSPS) is 14.5. The van der Waals surface area contributed by atoms with E-state index in [1.807, 2.05) is 25.1 Å². The van der Waals surface area contributed by atoms with Gasteiger partial charge in [0.05, 0.1) is 22.1 Å². The van der Waals surface area contributed by atoms with Gasteiger partial charge in [0, 0.05) is 17.2 Å². The maximum Gasteiger partial charge on any atom is 0.271 e. The molecule has 0 saturated carbocycles. The second kappa shape index (κ2) is 10.9. The fourth-order valence-electron chi connectivity index (χ4n) is 3.33. The number of hydrogen-bond acceptors (Lipinski definition) is 7. The number of halogens is 1. The molecular weight excluding hydrogens is 508 g/mol. The van der Waals surface area contributed by atoms with Crippen LogP contribution in [0.25, 0.3) is 6.08 Å². The summed E-state index contributed by atoms with van der Waals surface area (Å²) in [5.41, 5.74) is 1.93. The molecule has 0 atom stereocenters. The number of thiocarbonyl (C=S) groups is 1. The maximum atomic E-state index is 13.1. The lowest BCUT2D eigenvalue weighted by Crippen LogP contribution is -2.27. The number of carbonyl (C=O) groups is 1. The van der Waals surface area contributed by atoms with Crippen LogP contribution in [0.1, 0.15) is 18.1 Å². The molecule has 10 heteroatoms. The van der Waals surface area contributed by atoms with Gasteiger partial charge in [-0.1, -0.05) is 59.8 Å². The smallest absolute Gasteiger partial charge is 0.271 e. The van der Waals surface area contributed by atoms with Gasteiger partial charge in [-0.3, -0.25) is 19.8 Å². The standard InChI is InChI=1S/C25H19ClN2O5S2/c1-2-32-22-12-17(8-11-21(22)33-15-16-6-9-18(26)10-7-16)13-23-24(29)27(25(34)35-23)19-4-3-5-20(14-19)28(30)31/h3-14H,2,15H2,1H3/b23-13-. The summed E-state index contributed by atoms with van der Waals surface area (Å²) in [4.78, 5) is 25.4. The van der Waals surface area contributed by atoms with E-state index in [-0.39, 0.29) is 11.6 Å². The highest BCUT2D eigenvalue weighted by Gasteiger charge is 2.34. The molecule has 7 nitrogen and oxygen atoms in total. The van der Waals surface area contributed by atoms with Gasteiger partial charge in [0.15, 0.2) is 15.8 Å². The van der Waals surface area contributed by atoms with E-state index in [0.29, 0.717) is 44.6 Å². The monoisotopic (exact) mass is 526 g/mol. The molecule has 0 radical (unpaired) electrons. The van der Waals surface area contributed by atoms with Gasteiger partial charge in [-0.15, -0.1) is 0 Å². The van der Waals surface area contributed by atoms with Crippen LogP contribution in [0.15, 0.2) is 71.6 Å². The molecule has 0 unspecified atom stereocenters. The Morgan fingerprint density at radius 1 is 1.09 bits per heavy atom. The van der Waals surface area contributed by atoms with Crippen molar-refractivity contribution in [1.29, 1.82) is 0 Å². The third-order valence-corrected chi connectivity index (χ3v) is 6.52.